The van der Waals surface area contributed by atoms with E-state index in [2.05, 4.69) is 10.5 Å². The summed E-state index contributed by atoms with van der Waals surface area (Å²) < 4.78 is 0. The monoisotopic (exact) mass is 293 g/mol. The number of rotatable bonds is 3. The smallest absolute Gasteiger partial charge is 0.345 e. The summed E-state index contributed by atoms with van der Waals surface area (Å²) in [5.74, 6) is 0. The maximum Gasteiger partial charge on any atom is 0.345 e. The molecule has 0 radical (unpaired) electrons. The molecular weight excluding hydrogens is 282 g/mol. The van der Waals surface area contributed by atoms with E-state index in [-0.39, 0.29) is 5.00 Å². The minimum atomic E-state index is -0.472. The summed E-state index contributed by atoms with van der Waals surface area (Å²) in [4.78, 5) is 25.4. The van der Waals surface area contributed by atoms with E-state index in [0.717, 1.165) is 11.3 Å². The van der Waals surface area contributed by atoms with Crippen LogP contribution in [0.5, 0.6) is 0 Å². The van der Waals surface area contributed by atoms with Gasteiger partial charge in [0, 0.05) is 37.9 Å². The molecule has 0 unspecified atom stereocenters. The van der Waals surface area contributed by atoms with Crippen LogP contribution in [-0.2, 0) is 0 Å². The molecule has 1 aromatic heterocycles. The Kier molecular flexibility index (Phi) is 4.11. The first-order valence-corrected chi connectivity index (χ1v) is 6.32. The summed E-state index contributed by atoms with van der Waals surface area (Å²) in [6, 6.07) is 2.53. The van der Waals surface area contributed by atoms with E-state index in [9.17, 15) is 14.9 Å². The second-order valence-electron chi connectivity index (χ2n) is 3.78. The van der Waals surface area contributed by atoms with Crippen molar-refractivity contribution < 1.29 is 9.72 Å². The lowest BCUT2D eigenvalue weighted by atomic mass is 10.5. The van der Waals surface area contributed by atoms with Crippen LogP contribution in [0.2, 0.25) is 0 Å². The molecule has 9 heteroatoms. The molecule has 1 aliphatic rings. The Hall–Kier alpha value is -2.68. The van der Waals surface area contributed by atoms with Gasteiger partial charge >= 0.3 is 11.0 Å². The van der Waals surface area contributed by atoms with E-state index in [1.807, 2.05) is 7.05 Å². The van der Waals surface area contributed by atoms with Crippen molar-refractivity contribution in [2.75, 3.05) is 7.05 Å². The molecule has 2 amide bonds. The predicted octanol–water partition coefficient (Wildman–Crippen LogP) is 1.89. The van der Waals surface area contributed by atoms with Gasteiger partial charge in [0.25, 0.3) is 0 Å². The number of carbonyl (C=O) groups excluding carboxylic acids is 1. The van der Waals surface area contributed by atoms with E-state index in [1.165, 1.54) is 17.2 Å². The molecule has 0 aromatic carbocycles. The number of hydrazone groups is 1. The number of nitrogens with one attached hydrogen (secondary N) is 1. The number of hydrogen-bond donors (Lipinski definition) is 1. The molecule has 1 aromatic rings. The standard InChI is InChI=1S/C11H11N5O3S/c1-14-4-6-15(7-5-14)11(17)13-12-8-9-2-3-10(20-9)16(18)19/h2-8H,1H3,(H,13,17)/b12-8+. The summed E-state index contributed by atoms with van der Waals surface area (Å²) in [6.45, 7) is 0. The van der Waals surface area contributed by atoms with Crippen LogP contribution in [0.1, 0.15) is 4.88 Å². The number of hydrogen-bond acceptors (Lipinski definition) is 6. The maximum absolute atomic E-state index is 11.7. The molecule has 0 aliphatic carbocycles. The molecule has 20 heavy (non-hydrogen) atoms. The van der Waals surface area contributed by atoms with Crippen LogP contribution in [0.25, 0.3) is 0 Å². The average molecular weight is 293 g/mol. The Morgan fingerprint density at radius 1 is 1.40 bits per heavy atom. The van der Waals surface area contributed by atoms with E-state index in [4.69, 9.17) is 0 Å². The van der Waals surface area contributed by atoms with Gasteiger partial charge in [0.15, 0.2) is 0 Å². The van der Waals surface area contributed by atoms with Crippen LogP contribution in [0.15, 0.2) is 42.0 Å². The minimum absolute atomic E-state index is 0.0303. The molecular formula is C11H11N5O3S. The molecule has 8 nitrogen and oxygen atoms in total. The lowest BCUT2D eigenvalue weighted by molar-refractivity contribution is -0.380. The number of thiophene rings is 1. The number of nitrogens with zero attached hydrogens (tertiary/aromatic N) is 4. The van der Waals surface area contributed by atoms with Gasteiger partial charge in [-0.15, -0.1) is 0 Å². The summed E-state index contributed by atoms with van der Waals surface area (Å²) in [5, 5.41) is 14.3. The lowest BCUT2D eigenvalue weighted by Crippen LogP contribution is -2.31. The Labute approximate surface area is 118 Å². The molecule has 1 N–H and O–H groups in total. The fraction of sp³-hybridized carbons (Fsp3) is 0.0909. The van der Waals surface area contributed by atoms with Crippen molar-refractivity contribution in [3.8, 4) is 0 Å². The number of urea groups is 1. The highest BCUT2D eigenvalue weighted by atomic mass is 32.1. The van der Waals surface area contributed by atoms with Gasteiger partial charge in [-0.2, -0.15) is 5.10 Å². The molecule has 0 saturated carbocycles. The van der Waals surface area contributed by atoms with Gasteiger partial charge in [-0.3, -0.25) is 15.0 Å². The lowest BCUT2D eigenvalue weighted by Gasteiger charge is -2.19. The van der Waals surface area contributed by atoms with Gasteiger partial charge in [0.2, 0.25) is 0 Å². The maximum atomic E-state index is 11.7. The van der Waals surface area contributed by atoms with E-state index in [1.54, 1.807) is 35.8 Å². The second kappa shape index (κ2) is 5.97. The largest absolute Gasteiger partial charge is 0.354 e. The fourth-order valence-electron chi connectivity index (χ4n) is 1.31. The van der Waals surface area contributed by atoms with Crippen LogP contribution in [-0.4, -0.2) is 34.0 Å². The molecule has 1 aliphatic heterocycles. The molecule has 0 atom stereocenters. The van der Waals surface area contributed by atoms with E-state index in [0.29, 0.717) is 4.88 Å². The highest BCUT2D eigenvalue weighted by Gasteiger charge is 2.10. The first-order chi connectivity index (χ1) is 9.56. The van der Waals surface area contributed by atoms with Crippen molar-refractivity contribution in [1.82, 2.24) is 15.2 Å². The predicted molar refractivity (Wildman–Crippen MR) is 75.0 cm³/mol. The van der Waals surface area contributed by atoms with Crippen molar-refractivity contribution in [3.05, 3.63) is 51.9 Å². The molecule has 0 fully saturated rings. The van der Waals surface area contributed by atoms with Crippen molar-refractivity contribution in [1.29, 1.82) is 0 Å². The van der Waals surface area contributed by atoms with E-state index < -0.39 is 11.0 Å². The Balaban J connectivity index is 1.89. The first kappa shape index (κ1) is 13.7. The normalized spacial score (nSPS) is 14.1. The van der Waals surface area contributed by atoms with Gasteiger partial charge in [-0.25, -0.2) is 10.2 Å². The van der Waals surface area contributed by atoms with Crippen LogP contribution in [0.3, 0.4) is 0 Å². The second-order valence-corrected chi connectivity index (χ2v) is 4.87. The summed E-state index contributed by atoms with van der Waals surface area (Å²) in [6.07, 6.45) is 7.96. The molecule has 0 spiro atoms. The zero-order valence-corrected chi connectivity index (χ0v) is 11.3. The van der Waals surface area contributed by atoms with Crippen LogP contribution < -0.4 is 5.43 Å². The zero-order chi connectivity index (χ0) is 14.5. The minimum Gasteiger partial charge on any atom is -0.354 e. The molecule has 0 bridgehead atoms. The van der Waals surface area contributed by atoms with Crippen LogP contribution >= 0.6 is 11.3 Å². The van der Waals surface area contributed by atoms with Crippen molar-refractivity contribution >= 4 is 28.6 Å². The van der Waals surface area contributed by atoms with Gasteiger partial charge in [0.1, 0.15) is 0 Å². The first-order valence-electron chi connectivity index (χ1n) is 5.50. The van der Waals surface area contributed by atoms with Gasteiger partial charge in [-0.1, -0.05) is 11.3 Å². The molecule has 0 saturated heterocycles. The third-order valence-corrected chi connectivity index (χ3v) is 3.28. The number of nitro groups is 1. The third kappa shape index (κ3) is 3.42. The Bertz CT molecular complexity index is 593. The molecule has 2 heterocycles. The van der Waals surface area contributed by atoms with Crippen LogP contribution in [0, 0.1) is 10.1 Å². The summed E-state index contributed by atoms with van der Waals surface area (Å²) >= 11 is 0.981. The highest BCUT2D eigenvalue weighted by Crippen LogP contribution is 2.22. The molecule has 104 valence electrons. The van der Waals surface area contributed by atoms with Crippen molar-refractivity contribution in [2.45, 2.75) is 0 Å². The number of amides is 2. The fourth-order valence-corrected chi connectivity index (χ4v) is 2.00. The van der Waals surface area contributed by atoms with Gasteiger partial charge in [0.05, 0.1) is 16.0 Å². The highest BCUT2D eigenvalue weighted by molar-refractivity contribution is 7.16. The van der Waals surface area contributed by atoms with Crippen LogP contribution in [0.4, 0.5) is 9.80 Å². The van der Waals surface area contributed by atoms with E-state index >= 15 is 0 Å². The quantitative estimate of drug-likeness (QED) is 0.523. The van der Waals surface area contributed by atoms with Crippen molar-refractivity contribution in [3.63, 3.8) is 0 Å². The summed E-state index contributed by atoms with van der Waals surface area (Å²) in [7, 11) is 1.84. The Morgan fingerprint density at radius 3 is 2.70 bits per heavy atom. The SMILES string of the molecule is CN1C=CN(C(=O)N/N=C/c2ccc([N+](=O)[O-])s2)C=C1. The topological polar surface area (TPSA) is 91.1 Å². The van der Waals surface area contributed by atoms with Crippen molar-refractivity contribution in [2.24, 2.45) is 5.10 Å². The summed E-state index contributed by atoms with van der Waals surface area (Å²) in [5.41, 5.74) is 2.33. The average Bonchev–Trinajstić information content (AvgIpc) is 2.88. The zero-order valence-electron chi connectivity index (χ0n) is 10.5. The third-order valence-electron chi connectivity index (χ3n) is 2.30. The van der Waals surface area contributed by atoms with Gasteiger partial charge in [-0.05, 0) is 6.07 Å². The number of carbonyl (C=O) groups is 1. The Morgan fingerprint density at radius 2 is 2.10 bits per heavy atom. The molecule has 2 rings (SSSR count). The van der Waals surface area contributed by atoms with Gasteiger partial charge < -0.3 is 4.90 Å².